The Balaban J connectivity index is 1.72. The van der Waals surface area contributed by atoms with Gasteiger partial charge in [-0.1, -0.05) is 25.1 Å². The zero-order valence-corrected chi connectivity index (χ0v) is 11.9. The Morgan fingerprint density at radius 2 is 2.20 bits per heavy atom. The molecule has 2 heterocycles. The molecule has 20 heavy (non-hydrogen) atoms. The topological polar surface area (TPSA) is 50.4 Å². The number of benzene rings is 1. The van der Waals surface area contributed by atoms with Crippen molar-refractivity contribution in [2.45, 2.75) is 31.7 Å². The van der Waals surface area contributed by atoms with E-state index in [1.807, 2.05) is 24.3 Å². The first-order chi connectivity index (χ1) is 9.75. The number of nitrogens with one attached hydrogen (secondary N) is 2. The molecule has 0 saturated carbocycles. The molecule has 1 aromatic rings. The third-order valence-corrected chi connectivity index (χ3v) is 4.43. The van der Waals surface area contributed by atoms with Gasteiger partial charge in [-0.3, -0.25) is 4.79 Å². The SMILES string of the molecule is CC1CCNCC1NC(=O)C1CCOc2ccccc21. The molecular weight excluding hydrogens is 252 g/mol. The molecule has 1 amide bonds. The van der Waals surface area contributed by atoms with Gasteiger partial charge in [-0.15, -0.1) is 0 Å². The second kappa shape index (κ2) is 5.83. The summed E-state index contributed by atoms with van der Waals surface area (Å²) in [7, 11) is 0. The van der Waals surface area contributed by atoms with Crippen LogP contribution in [-0.2, 0) is 4.79 Å². The highest BCUT2D eigenvalue weighted by molar-refractivity contribution is 5.85. The predicted molar refractivity (Wildman–Crippen MR) is 77.9 cm³/mol. The summed E-state index contributed by atoms with van der Waals surface area (Å²) >= 11 is 0. The van der Waals surface area contributed by atoms with Crippen molar-refractivity contribution < 1.29 is 9.53 Å². The summed E-state index contributed by atoms with van der Waals surface area (Å²) in [5, 5.41) is 6.58. The predicted octanol–water partition coefficient (Wildman–Crippen LogP) is 1.67. The Kier molecular flexibility index (Phi) is 3.92. The Morgan fingerprint density at radius 1 is 1.35 bits per heavy atom. The van der Waals surface area contributed by atoms with E-state index in [2.05, 4.69) is 17.6 Å². The van der Waals surface area contributed by atoms with Gasteiger partial charge in [0.1, 0.15) is 5.75 Å². The minimum atomic E-state index is -0.0749. The van der Waals surface area contributed by atoms with Crippen LogP contribution in [0.1, 0.15) is 31.2 Å². The smallest absolute Gasteiger partial charge is 0.228 e. The fraction of sp³-hybridized carbons (Fsp3) is 0.562. The van der Waals surface area contributed by atoms with Gasteiger partial charge in [-0.2, -0.15) is 0 Å². The first-order valence-corrected chi connectivity index (χ1v) is 7.48. The van der Waals surface area contributed by atoms with Gasteiger partial charge in [0.2, 0.25) is 5.91 Å². The lowest BCUT2D eigenvalue weighted by Crippen LogP contribution is -2.51. The molecule has 4 heteroatoms. The van der Waals surface area contributed by atoms with Gasteiger partial charge in [-0.25, -0.2) is 0 Å². The number of fused-ring (bicyclic) bond motifs is 1. The fourth-order valence-corrected chi connectivity index (χ4v) is 3.08. The number of rotatable bonds is 2. The van der Waals surface area contributed by atoms with Crippen LogP contribution < -0.4 is 15.4 Å². The molecule has 3 atom stereocenters. The summed E-state index contributed by atoms with van der Waals surface area (Å²) in [5.74, 6) is 1.46. The molecule has 0 aromatic heterocycles. The Morgan fingerprint density at radius 3 is 3.05 bits per heavy atom. The number of carbonyl (C=O) groups excluding carboxylic acids is 1. The first kappa shape index (κ1) is 13.4. The van der Waals surface area contributed by atoms with Crippen LogP contribution in [-0.4, -0.2) is 31.6 Å². The molecule has 1 aromatic carbocycles. The summed E-state index contributed by atoms with van der Waals surface area (Å²) in [6.07, 6.45) is 1.88. The van der Waals surface area contributed by atoms with Crippen LogP contribution in [0.5, 0.6) is 5.75 Å². The highest BCUT2D eigenvalue weighted by Crippen LogP contribution is 2.33. The van der Waals surface area contributed by atoms with E-state index in [-0.39, 0.29) is 17.9 Å². The molecule has 0 spiro atoms. The van der Waals surface area contributed by atoms with Crippen molar-refractivity contribution in [3.8, 4) is 5.75 Å². The molecule has 3 rings (SSSR count). The molecule has 4 nitrogen and oxygen atoms in total. The second-order valence-electron chi connectivity index (χ2n) is 5.81. The van der Waals surface area contributed by atoms with E-state index in [4.69, 9.17) is 4.74 Å². The van der Waals surface area contributed by atoms with Crippen molar-refractivity contribution in [2.24, 2.45) is 5.92 Å². The molecule has 1 saturated heterocycles. The lowest BCUT2D eigenvalue weighted by molar-refractivity contribution is -0.124. The molecule has 2 aliphatic rings. The number of piperidine rings is 1. The van der Waals surface area contributed by atoms with E-state index in [1.165, 1.54) is 0 Å². The Bertz CT molecular complexity index is 489. The first-order valence-electron chi connectivity index (χ1n) is 7.48. The van der Waals surface area contributed by atoms with E-state index >= 15 is 0 Å². The van der Waals surface area contributed by atoms with Crippen LogP contribution in [0, 0.1) is 5.92 Å². The molecule has 1 fully saturated rings. The summed E-state index contributed by atoms with van der Waals surface area (Å²) in [6, 6.07) is 8.11. The molecule has 2 N–H and O–H groups in total. The second-order valence-corrected chi connectivity index (χ2v) is 5.81. The van der Waals surface area contributed by atoms with Crippen molar-refractivity contribution in [3.63, 3.8) is 0 Å². The zero-order chi connectivity index (χ0) is 13.9. The van der Waals surface area contributed by atoms with E-state index < -0.39 is 0 Å². The molecule has 0 bridgehead atoms. The zero-order valence-electron chi connectivity index (χ0n) is 11.9. The maximum Gasteiger partial charge on any atom is 0.228 e. The van der Waals surface area contributed by atoms with Crippen molar-refractivity contribution >= 4 is 5.91 Å². The van der Waals surface area contributed by atoms with Gasteiger partial charge in [0.25, 0.3) is 0 Å². The van der Waals surface area contributed by atoms with E-state index in [0.717, 1.165) is 37.2 Å². The Hall–Kier alpha value is -1.55. The quantitative estimate of drug-likeness (QED) is 0.862. The van der Waals surface area contributed by atoms with Crippen LogP contribution in [0.15, 0.2) is 24.3 Å². The number of ether oxygens (including phenoxy) is 1. The van der Waals surface area contributed by atoms with Crippen LogP contribution in [0.2, 0.25) is 0 Å². The number of carbonyl (C=O) groups is 1. The van der Waals surface area contributed by atoms with Crippen LogP contribution in [0.25, 0.3) is 0 Å². The third kappa shape index (κ3) is 2.66. The normalized spacial score (nSPS) is 29.1. The van der Waals surface area contributed by atoms with E-state index in [1.54, 1.807) is 0 Å². The molecule has 2 aliphatic heterocycles. The third-order valence-electron chi connectivity index (χ3n) is 4.43. The number of hydrogen-bond acceptors (Lipinski definition) is 3. The fourth-order valence-electron chi connectivity index (χ4n) is 3.08. The maximum atomic E-state index is 12.6. The average molecular weight is 274 g/mol. The lowest BCUT2D eigenvalue weighted by Gasteiger charge is -2.32. The van der Waals surface area contributed by atoms with Crippen molar-refractivity contribution in [1.29, 1.82) is 0 Å². The van der Waals surface area contributed by atoms with E-state index in [9.17, 15) is 4.79 Å². The number of amides is 1. The Labute approximate surface area is 119 Å². The monoisotopic (exact) mass is 274 g/mol. The minimum Gasteiger partial charge on any atom is -0.493 e. The van der Waals surface area contributed by atoms with Crippen LogP contribution in [0.4, 0.5) is 0 Å². The summed E-state index contributed by atoms with van der Waals surface area (Å²) < 4.78 is 5.62. The molecule has 0 radical (unpaired) electrons. The van der Waals surface area contributed by atoms with Gasteiger partial charge < -0.3 is 15.4 Å². The number of hydrogen-bond donors (Lipinski definition) is 2. The van der Waals surface area contributed by atoms with Crippen molar-refractivity contribution in [3.05, 3.63) is 29.8 Å². The van der Waals surface area contributed by atoms with Gasteiger partial charge >= 0.3 is 0 Å². The lowest BCUT2D eigenvalue weighted by atomic mass is 9.90. The minimum absolute atomic E-state index is 0.0749. The van der Waals surface area contributed by atoms with Gasteiger partial charge in [0.15, 0.2) is 0 Å². The molecular formula is C16H22N2O2. The van der Waals surface area contributed by atoms with Crippen molar-refractivity contribution in [2.75, 3.05) is 19.7 Å². The number of para-hydroxylation sites is 1. The molecule has 108 valence electrons. The van der Waals surface area contributed by atoms with Crippen LogP contribution in [0.3, 0.4) is 0 Å². The summed E-state index contributed by atoms with van der Waals surface area (Å²) in [6.45, 7) is 4.75. The van der Waals surface area contributed by atoms with E-state index in [0.29, 0.717) is 12.5 Å². The molecule has 0 aliphatic carbocycles. The van der Waals surface area contributed by atoms with Gasteiger partial charge in [0.05, 0.1) is 12.5 Å². The van der Waals surface area contributed by atoms with Crippen molar-refractivity contribution in [1.82, 2.24) is 10.6 Å². The summed E-state index contributed by atoms with van der Waals surface area (Å²) in [5.41, 5.74) is 1.02. The molecule has 3 unspecified atom stereocenters. The van der Waals surface area contributed by atoms with Gasteiger partial charge in [0, 0.05) is 18.2 Å². The highest BCUT2D eigenvalue weighted by atomic mass is 16.5. The largest absolute Gasteiger partial charge is 0.493 e. The average Bonchev–Trinajstić information content (AvgIpc) is 2.49. The van der Waals surface area contributed by atoms with Crippen LogP contribution >= 0.6 is 0 Å². The summed E-state index contributed by atoms with van der Waals surface area (Å²) in [4.78, 5) is 12.6. The highest BCUT2D eigenvalue weighted by Gasteiger charge is 2.30. The maximum absolute atomic E-state index is 12.6. The standard InChI is InChI=1S/C16H22N2O2/c1-11-6-8-17-10-14(11)18-16(19)13-7-9-20-15-5-3-2-4-12(13)15/h2-5,11,13-14,17H,6-10H2,1H3,(H,18,19). The van der Waals surface area contributed by atoms with Gasteiger partial charge in [-0.05, 0) is 31.4 Å².